The highest BCUT2D eigenvalue weighted by atomic mass is 16.1. The first-order chi connectivity index (χ1) is 8.72. The molecule has 0 amide bonds. The molecule has 0 aromatic carbocycles. The normalized spacial score (nSPS) is 31.1. The Bertz CT molecular complexity index is 448. The van der Waals surface area contributed by atoms with Gasteiger partial charge in [0.1, 0.15) is 0 Å². The van der Waals surface area contributed by atoms with E-state index in [4.69, 9.17) is 0 Å². The van der Waals surface area contributed by atoms with Crippen LogP contribution in [0.15, 0.2) is 12.3 Å². The third kappa shape index (κ3) is 2.29. The zero-order valence-corrected chi connectivity index (χ0v) is 10.7. The van der Waals surface area contributed by atoms with Crippen molar-refractivity contribution < 1.29 is 4.79 Å². The van der Waals surface area contributed by atoms with E-state index in [0.717, 1.165) is 18.5 Å². The number of hydrogen-bond donors (Lipinski definition) is 1. The predicted octanol–water partition coefficient (Wildman–Crippen LogP) is 1.89. The lowest BCUT2D eigenvalue weighted by atomic mass is 9.78. The van der Waals surface area contributed by atoms with E-state index in [-0.39, 0.29) is 11.7 Å². The van der Waals surface area contributed by atoms with Crippen molar-refractivity contribution in [2.45, 2.75) is 51.1 Å². The van der Waals surface area contributed by atoms with Crippen molar-refractivity contribution in [1.82, 2.24) is 15.3 Å². The molecule has 96 valence electrons. The number of aryl methyl sites for hydroxylation is 1. The Hall–Kier alpha value is -1.29. The monoisotopic (exact) mass is 245 g/mol. The van der Waals surface area contributed by atoms with Gasteiger partial charge in [0.25, 0.3) is 0 Å². The van der Waals surface area contributed by atoms with Gasteiger partial charge < -0.3 is 5.32 Å². The number of piperidine rings is 2. The number of Topliss-reactive ketones (excluding diaryl/α,β-unsaturated/α-hetero) is 1. The topological polar surface area (TPSA) is 54.9 Å². The van der Waals surface area contributed by atoms with E-state index in [1.165, 1.54) is 19.3 Å². The highest BCUT2D eigenvalue weighted by Gasteiger charge is 2.35. The van der Waals surface area contributed by atoms with Gasteiger partial charge in [-0.1, -0.05) is 6.42 Å². The van der Waals surface area contributed by atoms with Crippen LogP contribution in [0.4, 0.5) is 0 Å². The van der Waals surface area contributed by atoms with Gasteiger partial charge in [0.05, 0.1) is 0 Å². The maximum absolute atomic E-state index is 12.4. The summed E-state index contributed by atoms with van der Waals surface area (Å²) in [7, 11) is 0. The minimum absolute atomic E-state index is 0.114. The molecule has 2 bridgehead atoms. The minimum atomic E-state index is 0.114. The Morgan fingerprint density at radius 3 is 2.72 bits per heavy atom. The Kier molecular flexibility index (Phi) is 3.12. The van der Waals surface area contributed by atoms with Crippen LogP contribution in [-0.2, 0) is 0 Å². The largest absolute Gasteiger partial charge is 0.311 e. The van der Waals surface area contributed by atoms with Crippen LogP contribution in [0.1, 0.15) is 48.4 Å². The number of rotatable bonds is 2. The molecule has 4 nitrogen and oxygen atoms in total. The molecule has 0 radical (unpaired) electrons. The molecule has 2 atom stereocenters. The van der Waals surface area contributed by atoms with Crippen LogP contribution in [-0.4, -0.2) is 27.8 Å². The summed E-state index contributed by atoms with van der Waals surface area (Å²) in [6, 6.07) is 2.88. The van der Waals surface area contributed by atoms with Crippen molar-refractivity contribution in [2.24, 2.45) is 5.92 Å². The van der Waals surface area contributed by atoms with Gasteiger partial charge in [0.2, 0.25) is 5.78 Å². The van der Waals surface area contributed by atoms with Gasteiger partial charge in [-0.15, -0.1) is 0 Å². The third-order valence-corrected chi connectivity index (χ3v) is 4.10. The molecule has 0 spiro atoms. The number of hydrogen-bond acceptors (Lipinski definition) is 4. The number of nitrogens with zero attached hydrogens (tertiary/aromatic N) is 2. The van der Waals surface area contributed by atoms with E-state index in [2.05, 4.69) is 15.3 Å². The lowest BCUT2D eigenvalue weighted by Gasteiger charge is -2.39. The van der Waals surface area contributed by atoms with E-state index in [0.29, 0.717) is 17.9 Å². The minimum Gasteiger partial charge on any atom is -0.311 e. The van der Waals surface area contributed by atoms with E-state index in [1.807, 2.05) is 13.0 Å². The van der Waals surface area contributed by atoms with Gasteiger partial charge >= 0.3 is 0 Å². The fourth-order valence-corrected chi connectivity index (χ4v) is 3.23. The molecule has 0 aliphatic carbocycles. The summed E-state index contributed by atoms with van der Waals surface area (Å²) in [4.78, 5) is 20.8. The van der Waals surface area contributed by atoms with E-state index < -0.39 is 0 Å². The van der Waals surface area contributed by atoms with E-state index in [9.17, 15) is 4.79 Å². The Labute approximate surface area is 107 Å². The van der Waals surface area contributed by atoms with Crippen LogP contribution < -0.4 is 5.32 Å². The zero-order valence-electron chi connectivity index (χ0n) is 10.7. The maximum Gasteiger partial charge on any atom is 0.203 e. The number of carbonyl (C=O) groups excluding carboxylic acids is 1. The molecule has 2 fully saturated rings. The molecule has 3 rings (SSSR count). The quantitative estimate of drug-likeness (QED) is 0.808. The summed E-state index contributed by atoms with van der Waals surface area (Å²) in [5, 5.41) is 3.61. The lowest BCUT2D eigenvalue weighted by Crippen LogP contribution is -2.50. The number of fused-ring (bicyclic) bond motifs is 2. The summed E-state index contributed by atoms with van der Waals surface area (Å²) < 4.78 is 0. The molecule has 2 unspecified atom stereocenters. The molecule has 2 aliphatic heterocycles. The van der Waals surface area contributed by atoms with Crippen LogP contribution in [0.2, 0.25) is 0 Å². The molecule has 2 saturated heterocycles. The summed E-state index contributed by atoms with van der Waals surface area (Å²) >= 11 is 0. The molecule has 2 aliphatic rings. The number of nitrogens with one attached hydrogen (secondary N) is 1. The Balaban J connectivity index is 1.76. The first-order valence-electron chi connectivity index (χ1n) is 6.82. The van der Waals surface area contributed by atoms with Gasteiger partial charge in [-0.05, 0) is 38.7 Å². The molecule has 1 aromatic rings. The second kappa shape index (κ2) is 4.76. The van der Waals surface area contributed by atoms with Gasteiger partial charge in [-0.25, -0.2) is 9.97 Å². The smallest absolute Gasteiger partial charge is 0.203 e. The predicted molar refractivity (Wildman–Crippen MR) is 68.4 cm³/mol. The fraction of sp³-hybridized carbons (Fsp3) is 0.643. The van der Waals surface area contributed by atoms with E-state index in [1.54, 1.807) is 6.20 Å². The molecular weight excluding hydrogens is 226 g/mol. The second-order valence-corrected chi connectivity index (χ2v) is 5.55. The van der Waals surface area contributed by atoms with Crippen LogP contribution in [0.25, 0.3) is 0 Å². The Morgan fingerprint density at radius 2 is 2.06 bits per heavy atom. The average Bonchev–Trinajstić information content (AvgIpc) is 2.37. The number of carbonyl (C=O) groups is 1. The van der Waals surface area contributed by atoms with Crippen molar-refractivity contribution >= 4 is 5.78 Å². The SMILES string of the molecule is Cc1ccnc(C(=O)C2CC3CCCC(C2)N3)n1. The van der Waals surface area contributed by atoms with Crippen molar-refractivity contribution in [2.75, 3.05) is 0 Å². The third-order valence-electron chi connectivity index (χ3n) is 4.10. The molecule has 3 heterocycles. The summed E-state index contributed by atoms with van der Waals surface area (Å²) in [5.41, 5.74) is 0.863. The van der Waals surface area contributed by atoms with Gasteiger partial charge in [0.15, 0.2) is 5.82 Å². The first kappa shape index (κ1) is 11.8. The number of aromatic nitrogens is 2. The maximum atomic E-state index is 12.4. The van der Waals surface area contributed by atoms with Gasteiger partial charge in [-0.3, -0.25) is 4.79 Å². The summed E-state index contributed by atoms with van der Waals surface area (Å²) in [6.45, 7) is 1.90. The average molecular weight is 245 g/mol. The first-order valence-corrected chi connectivity index (χ1v) is 6.82. The second-order valence-electron chi connectivity index (χ2n) is 5.55. The highest BCUT2D eigenvalue weighted by molar-refractivity contribution is 5.94. The molecule has 1 N–H and O–H groups in total. The van der Waals surface area contributed by atoms with Crippen molar-refractivity contribution in [1.29, 1.82) is 0 Å². The van der Waals surface area contributed by atoms with Crippen LogP contribution >= 0.6 is 0 Å². The number of ketones is 1. The molecule has 18 heavy (non-hydrogen) atoms. The van der Waals surface area contributed by atoms with Crippen molar-refractivity contribution in [3.63, 3.8) is 0 Å². The zero-order chi connectivity index (χ0) is 12.5. The molecule has 1 aromatic heterocycles. The standard InChI is InChI=1S/C14H19N3O/c1-9-5-6-15-14(16-9)13(18)10-7-11-3-2-4-12(8-10)17-11/h5-6,10-12,17H,2-4,7-8H2,1H3. The Morgan fingerprint density at radius 1 is 1.33 bits per heavy atom. The van der Waals surface area contributed by atoms with Crippen LogP contribution in [0, 0.1) is 12.8 Å². The summed E-state index contributed by atoms with van der Waals surface area (Å²) in [5.74, 6) is 0.653. The van der Waals surface area contributed by atoms with E-state index >= 15 is 0 Å². The van der Waals surface area contributed by atoms with Gasteiger partial charge in [0, 0.05) is 29.9 Å². The molecule has 0 saturated carbocycles. The van der Waals surface area contributed by atoms with Crippen LogP contribution in [0.5, 0.6) is 0 Å². The van der Waals surface area contributed by atoms with Gasteiger partial charge in [-0.2, -0.15) is 0 Å². The molecule has 4 heteroatoms. The van der Waals surface area contributed by atoms with Crippen LogP contribution in [0.3, 0.4) is 0 Å². The van der Waals surface area contributed by atoms with Crippen molar-refractivity contribution in [3.05, 3.63) is 23.8 Å². The highest BCUT2D eigenvalue weighted by Crippen LogP contribution is 2.31. The summed E-state index contributed by atoms with van der Waals surface area (Å²) in [6.07, 6.45) is 7.28. The molecular formula is C14H19N3O. The fourth-order valence-electron chi connectivity index (χ4n) is 3.23. The van der Waals surface area contributed by atoms with Crippen molar-refractivity contribution in [3.8, 4) is 0 Å². The lowest BCUT2D eigenvalue weighted by molar-refractivity contribution is 0.0814.